The molecule has 130 valence electrons. The molecular weight excluding hydrogens is 320 g/mol. The largest absolute Gasteiger partial charge is 0.343 e. The molecule has 4 amide bonds. The number of benzene rings is 2. The molecule has 2 aromatic carbocycles. The van der Waals surface area contributed by atoms with Crippen LogP contribution in [0.5, 0.6) is 0 Å². The van der Waals surface area contributed by atoms with Crippen LogP contribution in [0.4, 0.5) is 16.2 Å². The first-order valence-electron chi connectivity index (χ1n) is 7.72. The standard InChI is InChI=1S/C18H20N4O3/c1-12-5-3-4-6-15(12)17(24)20-11-16(23)21-13-7-9-14(10-8-13)22-18(25)19-2/h3-10H,11H2,1-2H3,(H,20,24)(H,21,23)(H2,19,22,25). The van der Waals surface area contributed by atoms with Gasteiger partial charge < -0.3 is 21.3 Å². The summed E-state index contributed by atoms with van der Waals surface area (Å²) in [6, 6.07) is 13.5. The smallest absolute Gasteiger partial charge is 0.318 e. The maximum atomic E-state index is 12.1. The molecule has 0 saturated heterocycles. The summed E-state index contributed by atoms with van der Waals surface area (Å²) in [7, 11) is 1.52. The van der Waals surface area contributed by atoms with Gasteiger partial charge in [-0.05, 0) is 42.8 Å². The fourth-order valence-corrected chi connectivity index (χ4v) is 2.12. The van der Waals surface area contributed by atoms with Crippen LogP contribution in [-0.4, -0.2) is 31.4 Å². The number of hydrogen-bond acceptors (Lipinski definition) is 3. The van der Waals surface area contributed by atoms with E-state index in [-0.39, 0.29) is 24.4 Å². The van der Waals surface area contributed by atoms with Gasteiger partial charge in [0.1, 0.15) is 0 Å². The average molecular weight is 340 g/mol. The third-order valence-electron chi connectivity index (χ3n) is 3.45. The van der Waals surface area contributed by atoms with Crippen molar-refractivity contribution < 1.29 is 14.4 Å². The Labute approximate surface area is 145 Å². The normalized spacial score (nSPS) is 9.84. The van der Waals surface area contributed by atoms with E-state index in [0.717, 1.165) is 5.56 Å². The van der Waals surface area contributed by atoms with Gasteiger partial charge in [-0.3, -0.25) is 9.59 Å². The third-order valence-corrected chi connectivity index (χ3v) is 3.45. The van der Waals surface area contributed by atoms with Crippen LogP contribution in [-0.2, 0) is 4.79 Å². The topological polar surface area (TPSA) is 99.3 Å². The fourth-order valence-electron chi connectivity index (χ4n) is 2.12. The van der Waals surface area contributed by atoms with E-state index in [4.69, 9.17) is 0 Å². The summed E-state index contributed by atoms with van der Waals surface area (Å²) < 4.78 is 0. The second-order valence-electron chi connectivity index (χ2n) is 5.33. The zero-order chi connectivity index (χ0) is 18.2. The number of urea groups is 1. The predicted molar refractivity (Wildman–Crippen MR) is 96.7 cm³/mol. The Hall–Kier alpha value is -3.35. The molecular formula is C18H20N4O3. The van der Waals surface area contributed by atoms with Gasteiger partial charge in [0.15, 0.2) is 0 Å². The predicted octanol–water partition coefficient (Wildman–Crippen LogP) is 2.11. The molecule has 0 aromatic heterocycles. The first-order valence-corrected chi connectivity index (χ1v) is 7.72. The molecule has 7 nitrogen and oxygen atoms in total. The van der Waals surface area contributed by atoms with E-state index in [0.29, 0.717) is 16.9 Å². The number of amides is 4. The molecule has 2 aromatic rings. The van der Waals surface area contributed by atoms with Crippen LogP contribution in [0.2, 0.25) is 0 Å². The van der Waals surface area contributed by atoms with Crippen molar-refractivity contribution in [1.29, 1.82) is 0 Å². The summed E-state index contributed by atoms with van der Waals surface area (Å²) in [4.78, 5) is 35.2. The highest BCUT2D eigenvalue weighted by atomic mass is 16.2. The Balaban J connectivity index is 1.85. The highest BCUT2D eigenvalue weighted by Crippen LogP contribution is 2.13. The van der Waals surface area contributed by atoms with Crippen molar-refractivity contribution >= 4 is 29.2 Å². The lowest BCUT2D eigenvalue weighted by Gasteiger charge is -2.09. The van der Waals surface area contributed by atoms with E-state index in [1.807, 2.05) is 19.1 Å². The maximum Gasteiger partial charge on any atom is 0.318 e. The number of carbonyl (C=O) groups excluding carboxylic acids is 3. The van der Waals surface area contributed by atoms with Crippen LogP contribution in [0.25, 0.3) is 0 Å². The zero-order valence-electron chi connectivity index (χ0n) is 14.1. The molecule has 25 heavy (non-hydrogen) atoms. The molecule has 0 spiro atoms. The van der Waals surface area contributed by atoms with Crippen LogP contribution in [0.15, 0.2) is 48.5 Å². The SMILES string of the molecule is CNC(=O)Nc1ccc(NC(=O)CNC(=O)c2ccccc2C)cc1. The van der Waals surface area contributed by atoms with Gasteiger partial charge in [0, 0.05) is 24.0 Å². The summed E-state index contributed by atoms with van der Waals surface area (Å²) in [5.74, 6) is -0.632. The number of aryl methyl sites for hydroxylation is 1. The lowest BCUT2D eigenvalue weighted by molar-refractivity contribution is -0.115. The molecule has 0 radical (unpaired) electrons. The quantitative estimate of drug-likeness (QED) is 0.671. The highest BCUT2D eigenvalue weighted by molar-refractivity contribution is 6.00. The number of anilines is 2. The summed E-state index contributed by atoms with van der Waals surface area (Å²) in [5.41, 5.74) is 2.56. The monoisotopic (exact) mass is 340 g/mol. The van der Waals surface area contributed by atoms with E-state index >= 15 is 0 Å². The molecule has 2 rings (SSSR count). The minimum absolute atomic E-state index is 0.134. The number of hydrogen-bond donors (Lipinski definition) is 4. The van der Waals surface area contributed by atoms with Gasteiger partial charge in [-0.1, -0.05) is 18.2 Å². The van der Waals surface area contributed by atoms with Gasteiger partial charge in [-0.2, -0.15) is 0 Å². The molecule has 0 saturated carbocycles. The summed E-state index contributed by atoms with van der Waals surface area (Å²) in [6.45, 7) is 1.70. The van der Waals surface area contributed by atoms with Crippen molar-refractivity contribution in [2.45, 2.75) is 6.92 Å². The van der Waals surface area contributed by atoms with Crippen molar-refractivity contribution in [3.8, 4) is 0 Å². The summed E-state index contributed by atoms with van der Waals surface area (Å²) in [6.07, 6.45) is 0. The van der Waals surface area contributed by atoms with Gasteiger partial charge in [-0.15, -0.1) is 0 Å². The lowest BCUT2D eigenvalue weighted by atomic mass is 10.1. The second kappa shape index (κ2) is 8.49. The third kappa shape index (κ3) is 5.35. The molecule has 0 bridgehead atoms. The molecule has 4 N–H and O–H groups in total. The Morgan fingerprint density at radius 2 is 1.48 bits per heavy atom. The number of rotatable bonds is 5. The first-order chi connectivity index (χ1) is 12.0. The van der Waals surface area contributed by atoms with Crippen molar-refractivity contribution in [2.24, 2.45) is 0 Å². The Bertz CT molecular complexity index is 772. The molecule has 0 aliphatic rings. The number of nitrogens with one attached hydrogen (secondary N) is 4. The van der Waals surface area contributed by atoms with E-state index in [2.05, 4.69) is 21.3 Å². The van der Waals surface area contributed by atoms with E-state index in [1.165, 1.54) is 7.05 Å². The highest BCUT2D eigenvalue weighted by Gasteiger charge is 2.10. The van der Waals surface area contributed by atoms with Crippen molar-refractivity contribution in [1.82, 2.24) is 10.6 Å². The van der Waals surface area contributed by atoms with Crippen LogP contribution in [0, 0.1) is 6.92 Å². The Morgan fingerprint density at radius 1 is 0.880 bits per heavy atom. The number of carbonyl (C=O) groups is 3. The van der Waals surface area contributed by atoms with Crippen molar-refractivity contribution in [3.05, 3.63) is 59.7 Å². The molecule has 0 atom stereocenters. The van der Waals surface area contributed by atoms with Crippen LogP contribution in [0.3, 0.4) is 0 Å². The first kappa shape index (κ1) is 18.0. The molecule has 0 aliphatic heterocycles. The van der Waals surface area contributed by atoms with E-state index in [1.54, 1.807) is 36.4 Å². The minimum atomic E-state index is -0.339. The van der Waals surface area contributed by atoms with Crippen LogP contribution < -0.4 is 21.3 Å². The summed E-state index contributed by atoms with van der Waals surface area (Å²) >= 11 is 0. The molecule has 0 unspecified atom stereocenters. The minimum Gasteiger partial charge on any atom is -0.343 e. The van der Waals surface area contributed by atoms with Gasteiger partial charge in [0.25, 0.3) is 5.91 Å². The summed E-state index contributed by atoms with van der Waals surface area (Å²) in [5, 5.41) is 10.3. The van der Waals surface area contributed by atoms with Gasteiger partial charge in [0.2, 0.25) is 5.91 Å². The van der Waals surface area contributed by atoms with Crippen LogP contribution in [0.1, 0.15) is 15.9 Å². The van der Waals surface area contributed by atoms with E-state index < -0.39 is 0 Å². The second-order valence-corrected chi connectivity index (χ2v) is 5.33. The van der Waals surface area contributed by atoms with Crippen molar-refractivity contribution in [2.75, 3.05) is 24.2 Å². The van der Waals surface area contributed by atoms with Gasteiger partial charge in [0.05, 0.1) is 6.54 Å². The van der Waals surface area contributed by atoms with E-state index in [9.17, 15) is 14.4 Å². The Morgan fingerprint density at radius 3 is 2.08 bits per heavy atom. The van der Waals surface area contributed by atoms with Crippen LogP contribution >= 0.6 is 0 Å². The van der Waals surface area contributed by atoms with Gasteiger partial charge in [-0.25, -0.2) is 4.79 Å². The molecule has 0 aliphatic carbocycles. The fraction of sp³-hybridized carbons (Fsp3) is 0.167. The average Bonchev–Trinajstić information content (AvgIpc) is 2.61. The molecule has 0 fully saturated rings. The van der Waals surface area contributed by atoms with Gasteiger partial charge >= 0.3 is 6.03 Å². The zero-order valence-corrected chi connectivity index (χ0v) is 14.1. The van der Waals surface area contributed by atoms with Crippen molar-refractivity contribution in [3.63, 3.8) is 0 Å². The molecule has 0 heterocycles. The maximum absolute atomic E-state index is 12.1. The lowest BCUT2D eigenvalue weighted by Crippen LogP contribution is -2.33. The molecule has 7 heteroatoms. The Kier molecular flexibility index (Phi) is 6.11.